The molecular weight excluding hydrogens is 425 g/mol. The summed E-state index contributed by atoms with van der Waals surface area (Å²) in [5.41, 5.74) is 2.77. The highest BCUT2D eigenvalue weighted by Gasteiger charge is 2.33. The molecule has 2 aromatic carbocycles. The normalized spacial score (nSPS) is 16.7. The Labute approximate surface area is 167 Å². The third-order valence-corrected chi connectivity index (χ3v) is 4.93. The van der Waals surface area contributed by atoms with E-state index >= 15 is 0 Å². The maximum atomic E-state index is 12.6. The lowest BCUT2D eigenvalue weighted by Gasteiger charge is -2.33. The molecule has 1 atom stereocenters. The highest BCUT2D eigenvalue weighted by atomic mass is 127. The van der Waals surface area contributed by atoms with E-state index in [0.29, 0.717) is 5.56 Å². The summed E-state index contributed by atoms with van der Waals surface area (Å²) < 4.78 is 6.92. The van der Waals surface area contributed by atoms with Crippen molar-refractivity contribution in [1.29, 1.82) is 0 Å². The lowest BCUT2D eigenvalue weighted by molar-refractivity contribution is -0.901. The zero-order valence-electron chi connectivity index (χ0n) is 15.0. The van der Waals surface area contributed by atoms with Crippen LogP contribution in [-0.4, -0.2) is 37.1 Å². The Bertz CT molecular complexity index is 696. The molecule has 1 heterocycles. The summed E-state index contributed by atoms with van der Waals surface area (Å²) in [6.07, 6.45) is 2.30. The van der Waals surface area contributed by atoms with Gasteiger partial charge in [-0.05, 0) is 24.6 Å². The summed E-state index contributed by atoms with van der Waals surface area (Å²) in [5.74, 6) is -0.238. The van der Waals surface area contributed by atoms with Crippen LogP contribution in [0.3, 0.4) is 0 Å². The van der Waals surface area contributed by atoms with Gasteiger partial charge in [0, 0.05) is 12.8 Å². The van der Waals surface area contributed by atoms with Crippen molar-refractivity contribution in [2.75, 3.05) is 26.7 Å². The van der Waals surface area contributed by atoms with E-state index in [0.717, 1.165) is 35.2 Å². The number of benzene rings is 2. The van der Waals surface area contributed by atoms with Gasteiger partial charge in [0.05, 0.1) is 25.7 Å². The topological polar surface area (TPSA) is 26.3 Å². The Morgan fingerprint density at radius 2 is 1.76 bits per heavy atom. The van der Waals surface area contributed by atoms with Gasteiger partial charge in [-0.3, -0.25) is 0 Å². The zero-order valence-corrected chi connectivity index (χ0v) is 17.1. The number of likely N-dealkylation sites (tertiary alicyclic amines) is 1. The number of rotatable bonds is 5. The fraction of sp³-hybridized carbons (Fsp3) is 0.381. The van der Waals surface area contributed by atoms with Gasteiger partial charge in [0.1, 0.15) is 6.54 Å². The number of esters is 1. The number of ether oxygens (including phenoxy) is 1. The number of nitrogens with zero attached hydrogens (tertiary/aromatic N) is 1. The van der Waals surface area contributed by atoms with E-state index in [1.807, 2.05) is 49.4 Å². The van der Waals surface area contributed by atoms with Crippen LogP contribution in [0.15, 0.2) is 54.6 Å². The molecule has 0 aromatic heterocycles. The van der Waals surface area contributed by atoms with Crippen molar-refractivity contribution in [3.05, 3.63) is 71.3 Å². The Balaban J connectivity index is 0.00000225. The smallest absolute Gasteiger partial charge is 0.338 e. The molecule has 2 aromatic rings. The molecule has 4 heteroatoms. The lowest BCUT2D eigenvalue weighted by Crippen LogP contribution is -3.00. The Morgan fingerprint density at radius 1 is 1.08 bits per heavy atom. The van der Waals surface area contributed by atoms with Crippen LogP contribution >= 0.6 is 0 Å². The molecule has 0 radical (unpaired) electrons. The molecule has 3 nitrogen and oxygen atoms in total. The number of carbonyl (C=O) groups is 1. The maximum absolute atomic E-state index is 12.6. The van der Waals surface area contributed by atoms with E-state index in [1.54, 1.807) is 0 Å². The molecule has 0 amide bonds. The average Bonchev–Trinajstić information content (AvgIpc) is 3.01. The van der Waals surface area contributed by atoms with Crippen molar-refractivity contribution in [2.45, 2.75) is 25.9 Å². The predicted molar refractivity (Wildman–Crippen MR) is 95.8 cm³/mol. The molecule has 0 spiro atoms. The van der Waals surface area contributed by atoms with Crippen molar-refractivity contribution in [3.8, 4) is 0 Å². The van der Waals surface area contributed by atoms with Crippen LogP contribution in [0.4, 0.5) is 0 Å². The molecule has 0 aliphatic carbocycles. The SMILES string of the molecule is Cc1cccc(C(=O)OC(C[N+]2(C)CCCC2)c2ccccc2)c1.[I-]. The molecule has 1 aliphatic rings. The van der Waals surface area contributed by atoms with Gasteiger partial charge in [0.2, 0.25) is 0 Å². The predicted octanol–water partition coefficient (Wildman–Crippen LogP) is 1.14. The van der Waals surface area contributed by atoms with E-state index in [1.165, 1.54) is 12.8 Å². The van der Waals surface area contributed by atoms with Gasteiger partial charge in [0.15, 0.2) is 6.10 Å². The molecule has 0 saturated carbocycles. The van der Waals surface area contributed by atoms with Crippen molar-refractivity contribution < 1.29 is 38.0 Å². The molecule has 1 unspecified atom stereocenters. The monoisotopic (exact) mass is 451 g/mol. The first-order chi connectivity index (χ1) is 11.6. The van der Waals surface area contributed by atoms with E-state index in [2.05, 4.69) is 19.2 Å². The first-order valence-corrected chi connectivity index (χ1v) is 8.72. The van der Waals surface area contributed by atoms with Crippen LogP contribution in [-0.2, 0) is 4.74 Å². The van der Waals surface area contributed by atoms with Gasteiger partial charge in [-0.2, -0.15) is 0 Å². The number of aryl methyl sites for hydroxylation is 1. The van der Waals surface area contributed by atoms with Gasteiger partial charge < -0.3 is 33.2 Å². The van der Waals surface area contributed by atoms with Crippen molar-refractivity contribution in [1.82, 2.24) is 0 Å². The second-order valence-corrected chi connectivity index (χ2v) is 7.13. The molecule has 1 aliphatic heterocycles. The summed E-state index contributed by atoms with van der Waals surface area (Å²) in [6, 6.07) is 17.7. The van der Waals surface area contributed by atoms with Crippen molar-refractivity contribution in [2.24, 2.45) is 0 Å². The van der Waals surface area contributed by atoms with E-state index < -0.39 is 0 Å². The number of halogens is 1. The first-order valence-electron chi connectivity index (χ1n) is 8.72. The molecule has 1 fully saturated rings. The van der Waals surface area contributed by atoms with E-state index in [9.17, 15) is 4.79 Å². The second kappa shape index (κ2) is 8.81. The molecule has 3 rings (SSSR count). The van der Waals surface area contributed by atoms with Gasteiger partial charge in [-0.1, -0.05) is 48.0 Å². The summed E-state index contributed by atoms with van der Waals surface area (Å²) in [6.45, 7) is 5.14. The van der Waals surface area contributed by atoms with Crippen molar-refractivity contribution in [3.63, 3.8) is 0 Å². The molecule has 1 saturated heterocycles. The minimum absolute atomic E-state index is 0. The summed E-state index contributed by atoms with van der Waals surface area (Å²) in [7, 11) is 2.27. The van der Waals surface area contributed by atoms with Gasteiger partial charge in [-0.25, -0.2) is 4.79 Å². The minimum Gasteiger partial charge on any atom is -1.00 e. The molecular formula is C21H26INO2. The van der Waals surface area contributed by atoms with Crippen molar-refractivity contribution >= 4 is 5.97 Å². The fourth-order valence-electron chi connectivity index (χ4n) is 3.53. The minimum atomic E-state index is -0.238. The molecule has 0 bridgehead atoms. The van der Waals surface area contributed by atoms with Crippen LogP contribution in [0.1, 0.15) is 40.4 Å². The van der Waals surface area contributed by atoms with Crippen LogP contribution in [0.2, 0.25) is 0 Å². The summed E-state index contributed by atoms with van der Waals surface area (Å²) in [5, 5.41) is 0. The zero-order chi connectivity index (χ0) is 17.0. The molecule has 134 valence electrons. The van der Waals surface area contributed by atoms with Crippen LogP contribution in [0, 0.1) is 6.92 Å². The number of quaternary nitrogens is 1. The highest BCUT2D eigenvalue weighted by molar-refractivity contribution is 5.89. The highest BCUT2D eigenvalue weighted by Crippen LogP contribution is 2.26. The number of hydrogen-bond acceptors (Lipinski definition) is 2. The number of carbonyl (C=O) groups excluding carboxylic acids is 1. The standard InChI is InChI=1S/C21H26NO2.HI/c1-17-9-8-12-19(15-17)21(23)24-20(18-10-4-3-5-11-18)16-22(2)13-6-7-14-22;/h3-5,8-12,15,20H,6-7,13-14,16H2,1-2H3;1H/q+1;/p-1. The quantitative estimate of drug-likeness (QED) is 0.387. The van der Waals surface area contributed by atoms with Gasteiger partial charge in [0.25, 0.3) is 0 Å². The number of likely N-dealkylation sites (N-methyl/N-ethyl adjacent to an activating group) is 1. The lowest BCUT2D eigenvalue weighted by atomic mass is 10.1. The first kappa shape index (κ1) is 19.9. The Kier molecular flexibility index (Phi) is 7.02. The summed E-state index contributed by atoms with van der Waals surface area (Å²) >= 11 is 0. The average molecular weight is 451 g/mol. The third kappa shape index (κ3) is 5.28. The molecule has 25 heavy (non-hydrogen) atoms. The number of hydrogen-bond donors (Lipinski definition) is 0. The Morgan fingerprint density at radius 3 is 2.40 bits per heavy atom. The Hall–Kier alpha value is -1.40. The van der Waals surface area contributed by atoms with Gasteiger partial charge in [-0.15, -0.1) is 0 Å². The van der Waals surface area contributed by atoms with Crippen LogP contribution < -0.4 is 24.0 Å². The van der Waals surface area contributed by atoms with E-state index in [4.69, 9.17) is 4.74 Å². The fourth-order valence-corrected chi connectivity index (χ4v) is 3.53. The third-order valence-electron chi connectivity index (χ3n) is 4.93. The largest absolute Gasteiger partial charge is 1.00 e. The molecule has 0 N–H and O–H groups in total. The second-order valence-electron chi connectivity index (χ2n) is 7.13. The van der Waals surface area contributed by atoms with Gasteiger partial charge >= 0.3 is 5.97 Å². The van der Waals surface area contributed by atoms with E-state index in [-0.39, 0.29) is 36.0 Å². The van der Waals surface area contributed by atoms with Crippen LogP contribution in [0.5, 0.6) is 0 Å². The maximum Gasteiger partial charge on any atom is 0.338 e. The summed E-state index contributed by atoms with van der Waals surface area (Å²) in [4.78, 5) is 12.6. The van der Waals surface area contributed by atoms with Crippen LogP contribution in [0.25, 0.3) is 0 Å².